The molecule has 5 heteroatoms. The van der Waals surface area contributed by atoms with E-state index >= 15 is 0 Å². The summed E-state index contributed by atoms with van der Waals surface area (Å²) in [5.41, 5.74) is 1.13. The molecule has 0 aromatic carbocycles. The van der Waals surface area contributed by atoms with Crippen LogP contribution in [0.5, 0.6) is 0 Å². The SMILES string of the molecule is O=C(O)c1ccc(-c2ccc(F)cn2)[nH]1. The molecule has 76 valence electrons. The van der Waals surface area contributed by atoms with Crippen molar-refractivity contribution in [3.63, 3.8) is 0 Å². The number of rotatable bonds is 2. The van der Waals surface area contributed by atoms with Gasteiger partial charge in [0.1, 0.15) is 11.5 Å². The Labute approximate surface area is 84.4 Å². The number of aromatic carboxylic acids is 1. The second-order valence-corrected chi connectivity index (χ2v) is 2.95. The van der Waals surface area contributed by atoms with Crippen molar-refractivity contribution in [1.82, 2.24) is 9.97 Å². The number of aromatic amines is 1. The molecule has 0 fully saturated rings. The summed E-state index contributed by atoms with van der Waals surface area (Å²) in [5.74, 6) is -1.47. The molecule has 0 aliphatic heterocycles. The summed E-state index contributed by atoms with van der Waals surface area (Å²) < 4.78 is 12.6. The third-order valence-electron chi connectivity index (χ3n) is 1.92. The molecule has 0 saturated heterocycles. The minimum atomic E-state index is -1.04. The lowest BCUT2D eigenvalue weighted by molar-refractivity contribution is 0.0691. The summed E-state index contributed by atoms with van der Waals surface area (Å²) in [7, 11) is 0. The lowest BCUT2D eigenvalue weighted by atomic mass is 10.3. The highest BCUT2D eigenvalue weighted by Crippen LogP contribution is 2.15. The fourth-order valence-corrected chi connectivity index (χ4v) is 1.20. The van der Waals surface area contributed by atoms with E-state index in [2.05, 4.69) is 9.97 Å². The van der Waals surface area contributed by atoms with Gasteiger partial charge in [0, 0.05) is 0 Å². The minimum absolute atomic E-state index is 0.0797. The Hall–Kier alpha value is -2.17. The molecule has 2 heterocycles. The Morgan fingerprint density at radius 1 is 1.33 bits per heavy atom. The molecule has 2 aromatic rings. The van der Waals surface area contributed by atoms with Crippen LogP contribution in [0.2, 0.25) is 0 Å². The van der Waals surface area contributed by atoms with E-state index in [1.807, 2.05) is 0 Å². The zero-order valence-corrected chi connectivity index (χ0v) is 7.57. The number of pyridine rings is 1. The van der Waals surface area contributed by atoms with Gasteiger partial charge in [-0.3, -0.25) is 4.98 Å². The molecule has 15 heavy (non-hydrogen) atoms. The van der Waals surface area contributed by atoms with Gasteiger partial charge in [-0.15, -0.1) is 0 Å². The van der Waals surface area contributed by atoms with Gasteiger partial charge in [-0.2, -0.15) is 0 Å². The van der Waals surface area contributed by atoms with E-state index < -0.39 is 11.8 Å². The maximum Gasteiger partial charge on any atom is 0.352 e. The van der Waals surface area contributed by atoms with Gasteiger partial charge in [0.2, 0.25) is 0 Å². The molecule has 0 amide bonds. The summed E-state index contributed by atoms with van der Waals surface area (Å²) in [4.78, 5) is 17.1. The Kier molecular flexibility index (Phi) is 2.21. The first kappa shape index (κ1) is 9.39. The largest absolute Gasteiger partial charge is 0.477 e. The fraction of sp³-hybridized carbons (Fsp3) is 0. The standard InChI is InChI=1S/C10H7FN2O2/c11-6-1-2-7(12-5-6)8-3-4-9(13-8)10(14)15/h1-5,13H,(H,14,15). The van der Waals surface area contributed by atoms with Crippen LogP contribution in [0.1, 0.15) is 10.5 Å². The quantitative estimate of drug-likeness (QED) is 0.788. The Morgan fingerprint density at radius 2 is 2.13 bits per heavy atom. The van der Waals surface area contributed by atoms with E-state index in [9.17, 15) is 9.18 Å². The first-order valence-corrected chi connectivity index (χ1v) is 4.21. The van der Waals surface area contributed by atoms with Crippen LogP contribution in [0, 0.1) is 5.82 Å². The van der Waals surface area contributed by atoms with Crippen molar-refractivity contribution in [2.45, 2.75) is 0 Å². The molecule has 4 nitrogen and oxygen atoms in total. The molecule has 0 radical (unpaired) electrons. The molecule has 2 N–H and O–H groups in total. The van der Waals surface area contributed by atoms with Gasteiger partial charge in [-0.25, -0.2) is 9.18 Å². The molecule has 0 saturated carbocycles. The van der Waals surface area contributed by atoms with Crippen LogP contribution in [0.25, 0.3) is 11.4 Å². The normalized spacial score (nSPS) is 10.2. The van der Waals surface area contributed by atoms with Crippen LogP contribution in [0.15, 0.2) is 30.5 Å². The maximum absolute atomic E-state index is 12.6. The number of carboxylic acid groups (broad SMARTS) is 1. The zero-order chi connectivity index (χ0) is 10.8. The van der Waals surface area contributed by atoms with E-state index in [1.165, 1.54) is 18.2 Å². The molecule has 0 spiro atoms. The van der Waals surface area contributed by atoms with Crippen molar-refractivity contribution >= 4 is 5.97 Å². The third-order valence-corrected chi connectivity index (χ3v) is 1.92. The number of nitrogens with one attached hydrogen (secondary N) is 1. The van der Waals surface area contributed by atoms with Crippen molar-refractivity contribution in [2.24, 2.45) is 0 Å². The van der Waals surface area contributed by atoms with E-state index in [0.29, 0.717) is 11.4 Å². The van der Waals surface area contributed by atoms with Crippen molar-refractivity contribution in [3.8, 4) is 11.4 Å². The van der Waals surface area contributed by atoms with Crippen LogP contribution >= 0.6 is 0 Å². The van der Waals surface area contributed by atoms with Gasteiger partial charge in [-0.1, -0.05) is 0 Å². The van der Waals surface area contributed by atoms with Crippen LogP contribution in [-0.2, 0) is 0 Å². The summed E-state index contributed by atoms with van der Waals surface area (Å²) in [6, 6.07) is 5.77. The lowest BCUT2D eigenvalue weighted by Gasteiger charge is -1.95. The van der Waals surface area contributed by atoms with Crippen molar-refractivity contribution < 1.29 is 14.3 Å². The summed E-state index contributed by atoms with van der Waals surface area (Å²) in [6.07, 6.45) is 1.08. The van der Waals surface area contributed by atoms with E-state index in [0.717, 1.165) is 6.20 Å². The Morgan fingerprint density at radius 3 is 2.67 bits per heavy atom. The number of aromatic nitrogens is 2. The number of hydrogen-bond acceptors (Lipinski definition) is 2. The smallest absolute Gasteiger partial charge is 0.352 e. The average Bonchev–Trinajstić information content (AvgIpc) is 2.68. The number of halogens is 1. The molecule has 0 unspecified atom stereocenters. The second-order valence-electron chi connectivity index (χ2n) is 2.95. The van der Waals surface area contributed by atoms with E-state index in [-0.39, 0.29) is 5.69 Å². The highest BCUT2D eigenvalue weighted by Gasteiger charge is 2.07. The number of hydrogen-bond donors (Lipinski definition) is 2. The highest BCUT2D eigenvalue weighted by atomic mass is 19.1. The minimum Gasteiger partial charge on any atom is -0.477 e. The Balaban J connectivity index is 2.37. The topological polar surface area (TPSA) is 66.0 Å². The van der Waals surface area contributed by atoms with E-state index in [4.69, 9.17) is 5.11 Å². The van der Waals surface area contributed by atoms with Gasteiger partial charge < -0.3 is 10.1 Å². The number of nitrogens with zero attached hydrogens (tertiary/aromatic N) is 1. The fourth-order valence-electron chi connectivity index (χ4n) is 1.20. The van der Waals surface area contributed by atoms with E-state index in [1.54, 1.807) is 6.07 Å². The highest BCUT2D eigenvalue weighted by molar-refractivity contribution is 5.86. The van der Waals surface area contributed by atoms with Crippen molar-refractivity contribution in [2.75, 3.05) is 0 Å². The lowest BCUT2D eigenvalue weighted by Crippen LogP contribution is -1.95. The molecule has 0 atom stereocenters. The predicted octanol–water partition coefficient (Wildman–Crippen LogP) is 1.91. The van der Waals surface area contributed by atoms with Crippen LogP contribution in [0.4, 0.5) is 4.39 Å². The first-order valence-electron chi connectivity index (χ1n) is 4.21. The molecular weight excluding hydrogens is 199 g/mol. The molecule has 0 aliphatic rings. The van der Waals surface area contributed by atoms with Gasteiger partial charge in [0.15, 0.2) is 0 Å². The molecular formula is C10H7FN2O2. The number of carbonyl (C=O) groups is 1. The number of H-pyrrole nitrogens is 1. The summed E-state index contributed by atoms with van der Waals surface area (Å²) in [6.45, 7) is 0. The first-order chi connectivity index (χ1) is 7.16. The van der Waals surface area contributed by atoms with Crippen LogP contribution in [-0.4, -0.2) is 21.0 Å². The van der Waals surface area contributed by atoms with Crippen molar-refractivity contribution in [3.05, 3.63) is 42.0 Å². The predicted molar refractivity (Wildman–Crippen MR) is 50.9 cm³/mol. The van der Waals surface area contributed by atoms with Gasteiger partial charge >= 0.3 is 5.97 Å². The molecule has 0 aliphatic carbocycles. The van der Waals surface area contributed by atoms with Gasteiger partial charge in [0.25, 0.3) is 0 Å². The molecule has 2 aromatic heterocycles. The third kappa shape index (κ3) is 1.85. The van der Waals surface area contributed by atoms with Crippen molar-refractivity contribution in [1.29, 1.82) is 0 Å². The molecule has 0 bridgehead atoms. The van der Waals surface area contributed by atoms with Crippen LogP contribution in [0.3, 0.4) is 0 Å². The van der Waals surface area contributed by atoms with Gasteiger partial charge in [-0.05, 0) is 24.3 Å². The summed E-state index contributed by atoms with van der Waals surface area (Å²) in [5, 5.41) is 8.68. The van der Waals surface area contributed by atoms with Crippen LogP contribution < -0.4 is 0 Å². The monoisotopic (exact) mass is 206 g/mol. The average molecular weight is 206 g/mol. The zero-order valence-electron chi connectivity index (χ0n) is 7.57. The Bertz CT molecular complexity index is 490. The number of carboxylic acids is 1. The second kappa shape index (κ2) is 3.53. The van der Waals surface area contributed by atoms with Gasteiger partial charge in [0.05, 0.1) is 17.6 Å². The maximum atomic E-state index is 12.6. The summed E-state index contributed by atoms with van der Waals surface area (Å²) >= 11 is 0. The molecule has 2 rings (SSSR count).